The van der Waals surface area contributed by atoms with E-state index >= 15 is 0 Å². The van der Waals surface area contributed by atoms with Crippen LogP contribution < -0.4 is 10.2 Å². The maximum atomic E-state index is 11.8. The topological polar surface area (TPSA) is 51.1 Å². The van der Waals surface area contributed by atoms with Crippen molar-refractivity contribution in [3.8, 4) is 0 Å². The minimum atomic E-state index is -0.0533. The molecule has 0 atom stereocenters. The maximum absolute atomic E-state index is 11.8. The smallest absolute Gasteiger partial charge is 0.307 e. The Kier molecular flexibility index (Phi) is 5.14. The molecule has 1 N–H and O–H groups in total. The number of amides is 1. The number of aromatic nitrogens is 1. The van der Waals surface area contributed by atoms with Gasteiger partial charge in [0.25, 0.3) is 0 Å². The summed E-state index contributed by atoms with van der Waals surface area (Å²) in [4.78, 5) is 23.3. The Hall–Kier alpha value is -1.40. The van der Waals surface area contributed by atoms with E-state index in [-0.39, 0.29) is 10.8 Å². The summed E-state index contributed by atoms with van der Waals surface area (Å²) in [5.74, 6) is -0.0533. The number of hydrogen-bond donors (Lipinski definition) is 1. The summed E-state index contributed by atoms with van der Waals surface area (Å²) < 4.78 is 2.62. The molecule has 0 aliphatic heterocycles. The van der Waals surface area contributed by atoms with E-state index in [0.717, 1.165) is 15.7 Å². The Labute approximate surface area is 129 Å². The quantitative estimate of drug-likeness (QED) is 0.897. The van der Waals surface area contributed by atoms with Crippen LogP contribution in [-0.2, 0) is 17.9 Å². The lowest BCUT2D eigenvalue weighted by atomic mass is 10.2. The molecule has 0 fully saturated rings. The second-order valence-electron chi connectivity index (χ2n) is 4.45. The average Bonchev–Trinajstić information content (AvgIpc) is 2.74. The first-order valence-electron chi connectivity index (χ1n) is 6.22. The summed E-state index contributed by atoms with van der Waals surface area (Å²) >= 11 is 4.56. The van der Waals surface area contributed by atoms with Gasteiger partial charge in [-0.1, -0.05) is 39.4 Å². The second-order valence-corrected chi connectivity index (χ2v) is 6.19. The first kappa shape index (κ1) is 15.0. The van der Waals surface area contributed by atoms with Gasteiger partial charge in [0.2, 0.25) is 5.91 Å². The number of thiazole rings is 1. The summed E-state index contributed by atoms with van der Waals surface area (Å²) in [6.07, 6.45) is 0.311. The molecule has 1 amide bonds. The lowest BCUT2D eigenvalue weighted by molar-refractivity contribution is -0.121. The van der Waals surface area contributed by atoms with Crippen molar-refractivity contribution < 1.29 is 4.79 Å². The lowest BCUT2D eigenvalue weighted by Crippen LogP contribution is -2.25. The van der Waals surface area contributed by atoms with Crippen LogP contribution in [-0.4, -0.2) is 10.5 Å². The molecule has 0 spiro atoms. The van der Waals surface area contributed by atoms with Crippen LogP contribution in [0.1, 0.15) is 17.7 Å². The van der Waals surface area contributed by atoms with Crippen molar-refractivity contribution in [3.05, 3.63) is 55.0 Å². The fourth-order valence-corrected chi connectivity index (χ4v) is 3.03. The molecular formula is C14H15BrN2O2S. The third kappa shape index (κ3) is 4.05. The highest BCUT2D eigenvalue weighted by Crippen LogP contribution is 2.11. The molecule has 6 heteroatoms. The number of halogens is 1. The van der Waals surface area contributed by atoms with Crippen LogP contribution in [0, 0.1) is 6.92 Å². The standard InChI is InChI=1S/C14H15BrN2O2S/c1-10-9-20-14(19)17(10)6-5-13(18)16-8-11-3-2-4-12(15)7-11/h2-4,7,9H,5-6,8H2,1H3,(H,16,18). The highest BCUT2D eigenvalue weighted by Gasteiger charge is 2.06. The molecule has 0 saturated heterocycles. The zero-order valence-electron chi connectivity index (χ0n) is 11.1. The van der Waals surface area contributed by atoms with Crippen LogP contribution in [0.4, 0.5) is 0 Å². The summed E-state index contributed by atoms with van der Waals surface area (Å²) in [5, 5.41) is 4.66. The Morgan fingerprint density at radius 3 is 2.90 bits per heavy atom. The third-order valence-electron chi connectivity index (χ3n) is 2.92. The van der Waals surface area contributed by atoms with Gasteiger partial charge in [0, 0.05) is 35.1 Å². The normalized spacial score (nSPS) is 10.5. The maximum Gasteiger partial charge on any atom is 0.307 e. The molecule has 2 aromatic rings. The molecule has 106 valence electrons. The molecule has 0 radical (unpaired) electrons. The molecule has 1 heterocycles. The van der Waals surface area contributed by atoms with Gasteiger partial charge in [0.05, 0.1) is 0 Å². The van der Waals surface area contributed by atoms with Gasteiger partial charge >= 0.3 is 4.87 Å². The van der Waals surface area contributed by atoms with Crippen molar-refractivity contribution in [1.29, 1.82) is 0 Å². The Bertz CT molecular complexity index is 663. The molecule has 0 bridgehead atoms. The zero-order valence-corrected chi connectivity index (χ0v) is 13.5. The van der Waals surface area contributed by atoms with Crippen LogP contribution in [0.5, 0.6) is 0 Å². The molecule has 4 nitrogen and oxygen atoms in total. The first-order chi connectivity index (χ1) is 9.56. The number of benzene rings is 1. The molecule has 1 aromatic carbocycles. The van der Waals surface area contributed by atoms with Crippen molar-refractivity contribution in [2.24, 2.45) is 0 Å². The minimum Gasteiger partial charge on any atom is -0.352 e. The number of carbonyl (C=O) groups excluding carboxylic acids is 1. The number of nitrogens with zero attached hydrogens (tertiary/aromatic N) is 1. The SMILES string of the molecule is Cc1csc(=O)n1CCC(=O)NCc1cccc(Br)c1. The van der Waals surface area contributed by atoms with Crippen LogP contribution in [0.15, 0.2) is 38.9 Å². The van der Waals surface area contributed by atoms with Crippen molar-refractivity contribution in [3.63, 3.8) is 0 Å². The van der Waals surface area contributed by atoms with E-state index in [4.69, 9.17) is 0 Å². The van der Waals surface area contributed by atoms with E-state index in [0.29, 0.717) is 19.5 Å². The van der Waals surface area contributed by atoms with Crippen LogP contribution in [0.25, 0.3) is 0 Å². The molecular weight excluding hydrogens is 340 g/mol. The van der Waals surface area contributed by atoms with Gasteiger partial charge in [0.15, 0.2) is 0 Å². The summed E-state index contributed by atoms with van der Waals surface area (Å²) in [7, 11) is 0. The molecule has 2 rings (SSSR count). The highest BCUT2D eigenvalue weighted by atomic mass is 79.9. The number of nitrogens with one attached hydrogen (secondary N) is 1. The van der Waals surface area contributed by atoms with E-state index in [2.05, 4.69) is 21.2 Å². The largest absolute Gasteiger partial charge is 0.352 e. The third-order valence-corrected chi connectivity index (χ3v) is 4.29. The highest BCUT2D eigenvalue weighted by molar-refractivity contribution is 9.10. The van der Waals surface area contributed by atoms with Crippen LogP contribution in [0.3, 0.4) is 0 Å². The van der Waals surface area contributed by atoms with Gasteiger partial charge < -0.3 is 9.88 Å². The van der Waals surface area contributed by atoms with Crippen LogP contribution in [0.2, 0.25) is 0 Å². The summed E-state index contributed by atoms with van der Waals surface area (Å²) in [6, 6.07) is 7.79. The average molecular weight is 355 g/mol. The zero-order chi connectivity index (χ0) is 14.5. The van der Waals surface area contributed by atoms with Gasteiger partial charge in [-0.25, -0.2) is 0 Å². The fourth-order valence-electron chi connectivity index (χ4n) is 1.82. The minimum absolute atomic E-state index is 0.0118. The Morgan fingerprint density at radius 2 is 2.25 bits per heavy atom. The van der Waals surface area contributed by atoms with Gasteiger partial charge in [-0.05, 0) is 24.6 Å². The number of carbonyl (C=O) groups is 1. The first-order valence-corrected chi connectivity index (χ1v) is 7.89. The molecule has 0 saturated carbocycles. The van der Waals surface area contributed by atoms with Gasteiger partial charge in [0.1, 0.15) is 0 Å². The van der Waals surface area contributed by atoms with Gasteiger partial charge in [-0.3, -0.25) is 9.59 Å². The Balaban J connectivity index is 1.83. The van der Waals surface area contributed by atoms with Crippen molar-refractivity contribution >= 4 is 33.2 Å². The van der Waals surface area contributed by atoms with E-state index < -0.39 is 0 Å². The predicted octanol–water partition coefficient (Wildman–Crippen LogP) is 2.69. The number of rotatable bonds is 5. The van der Waals surface area contributed by atoms with E-state index in [9.17, 15) is 9.59 Å². The number of aryl methyl sites for hydroxylation is 1. The molecule has 0 unspecified atom stereocenters. The molecule has 20 heavy (non-hydrogen) atoms. The summed E-state index contributed by atoms with van der Waals surface area (Å²) in [5.41, 5.74) is 1.94. The van der Waals surface area contributed by atoms with Gasteiger partial charge in [-0.2, -0.15) is 0 Å². The van der Waals surface area contributed by atoms with Crippen molar-refractivity contribution in [1.82, 2.24) is 9.88 Å². The van der Waals surface area contributed by atoms with Crippen molar-refractivity contribution in [2.45, 2.75) is 26.4 Å². The van der Waals surface area contributed by atoms with Gasteiger partial charge in [-0.15, -0.1) is 0 Å². The predicted molar refractivity (Wildman–Crippen MR) is 83.9 cm³/mol. The van der Waals surface area contributed by atoms with Crippen LogP contribution >= 0.6 is 27.3 Å². The monoisotopic (exact) mass is 354 g/mol. The molecule has 0 aliphatic carbocycles. The summed E-state index contributed by atoms with van der Waals surface area (Å²) in [6.45, 7) is 2.80. The second kappa shape index (κ2) is 6.85. The fraction of sp³-hybridized carbons (Fsp3) is 0.286. The Morgan fingerprint density at radius 1 is 1.45 bits per heavy atom. The van der Waals surface area contributed by atoms with E-state index in [1.54, 1.807) is 4.57 Å². The lowest BCUT2D eigenvalue weighted by Gasteiger charge is -2.07. The van der Waals surface area contributed by atoms with E-state index in [1.807, 2.05) is 36.6 Å². The molecule has 0 aliphatic rings. The number of hydrogen-bond acceptors (Lipinski definition) is 3. The molecule has 1 aromatic heterocycles. The van der Waals surface area contributed by atoms with E-state index in [1.165, 1.54) is 11.3 Å². The van der Waals surface area contributed by atoms with Crippen molar-refractivity contribution in [2.75, 3.05) is 0 Å².